The van der Waals surface area contributed by atoms with Crippen LogP contribution < -0.4 is 10.6 Å². The van der Waals surface area contributed by atoms with Crippen LogP contribution >= 0.6 is 0 Å². The molecule has 0 aliphatic carbocycles. The summed E-state index contributed by atoms with van der Waals surface area (Å²) in [6.45, 7) is 2.08. The minimum Gasteiger partial charge on any atom is -0.308 e. The average Bonchev–Trinajstić information content (AvgIpc) is 3.10. The summed E-state index contributed by atoms with van der Waals surface area (Å²) >= 11 is 0. The van der Waals surface area contributed by atoms with E-state index in [1.165, 1.54) is 11.9 Å². The molecule has 0 saturated heterocycles. The minimum atomic E-state index is -0.362. The van der Waals surface area contributed by atoms with Gasteiger partial charge in [0.2, 0.25) is 0 Å². The van der Waals surface area contributed by atoms with Crippen molar-refractivity contribution in [3.05, 3.63) is 60.7 Å². The van der Waals surface area contributed by atoms with Gasteiger partial charge in [0.25, 0.3) is 0 Å². The van der Waals surface area contributed by atoms with Gasteiger partial charge in [0.15, 0.2) is 5.82 Å². The second kappa shape index (κ2) is 6.69. The number of carbonyl (C=O) groups is 1. The Morgan fingerprint density at radius 3 is 2.70 bits per heavy atom. The van der Waals surface area contributed by atoms with E-state index in [4.69, 9.17) is 0 Å². The molecule has 2 aromatic heterocycles. The monoisotopic (exact) mass is 308 g/mol. The molecule has 0 aliphatic heterocycles. The van der Waals surface area contributed by atoms with E-state index in [-0.39, 0.29) is 6.03 Å². The Kier molecular flexibility index (Phi) is 4.28. The fourth-order valence-corrected chi connectivity index (χ4v) is 2.05. The number of amides is 2. The lowest BCUT2D eigenvalue weighted by atomic mass is 10.1. The van der Waals surface area contributed by atoms with Crippen molar-refractivity contribution in [1.29, 1.82) is 0 Å². The molecule has 2 amide bonds. The second-order valence-corrected chi connectivity index (χ2v) is 4.84. The Morgan fingerprint density at radius 2 is 2.00 bits per heavy atom. The largest absolute Gasteiger partial charge is 0.324 e. The van der Waals surface area contributed by atoms with E-state index < -0.39 is 0 Å². The van der Waals surface area contributed by atoms with E-state index in [1.54, 1.807) is 29.2 Å². The minimum absolute atomic E-state index is 0.362. The molecule has 0 unspecified atom stereocenters. The van der Waals surface area contributed by atoms with E-state index >= 15 is 0 Å². The molecule has 116 valence electrons. The highest BCUT2D eigenvalue weighted by atomic mass is 16.2. The zero-order valence-corrected chi connectivity index (χ0v) is 12.6. The first-order chi connectivity index (χ1) is 11.2. The van der Waals surface area contributed by atoms with Crippen molar-refractivity contribution in [1.82, 2.24) is 19.7 Å². The molecule has 0 fully saturated rings. The first-order valence-corrected chi connectivity index (χ1v) is 7.23. The number of rotatable bonds is 4. The number of carbonyl (C=O) groups excluding carboxylic acids is 1. The number of hydrogen-bond donors (Lipinski definition) is 2. The predicted molar refractivity (Wildman–Crippen MR) is 87.6 cm³/mol. The van der Waals surface area contributed by atoms with Crippen LogP contribution in [-0.2, 0) is 6.42 Å². The summed E-state index contributed by atoms with van der Waals surface area (Å²) in [6.07, 6.45) is 5.76. The highest BCUT2D eigenvalue weighted by molar-refractivity contribution is 5.99. The van der Waals surface area contributed by atoms with Crippen molar-refractivity contribution < 1.29 is 4.79 Å². The number of nitrogens with zero attached hydrogens (tertiary/aromatic N) is 4. The van der Waals surface area contributed by atoms with Crippen LogP contribution in [0.3, 0.4) is 0 Å². The second-order valence-electron chi connectivity index (χ2n) is 4.84. The molecule has 7 heteroatoms. The quantitative estimate of drug-likeness (QED) is 0.776. The molecule has 0 spiro atoms. The molecule has 3 aromatic rings. The number of anilines is 2. The number of benzene rings is 1. The molecule has 23 heavy (non-hydrogen) atoms. The number of aromatic nitrogens is 4. The maximum atomic E-state index is 12.0. The molecule has 1 aromatic carbocycles. The summed E-state index contributed by atoms with van der Waals surface area (Å²) in [4.78, 5) is 20.2. The number of urea groups is 1. The molecule has 0 saturated carbocycles. The van der Waals surface area contributed by atoms with Gasteiger partial charge < -0.3 is 5.32 Å². The average molecular weight is 308 g/mol. The summed E-state index contributed by atoms with van der Waals surface area (Å²) in [6, 6.07) is 10.8. The zero-order valence-electron chi connectivity index (χ0n) is 12.6. The molecule has 0 aliphatic rings. The number of nitrogens with one attached hydrogen (secondary N) is 2. The van der Waals surface area contributed by atoms with Crippen LogP contribution in [0.5, 0.6) is 0 Å². The van der Waals surface area contributed by atoms with Crippen molar-refractivity contribution in [3.63, 3.8) is 0 Å². The van der Waals surface area contributed by atoms with Crippen LogP contribution in [0, 0.1) is 0 Å². The summed E-state index contributed by atoms with van der Waals surface area (Å²) in [5, 5.41) is 9.53. The van der Waals surface area contributed by atoms with E-state index in [0.717, 1.165) is 12.1 Å². The van der Waals surface area contributed by atoms with Gasteiger partial charge >= 0.3 is 6.03 Å². The molecule has 0 bridgehead atoms. The van der Waals surface area contributed by atoms with E-state index in [2.05, 4.69) is 32.6 Å². The van der Waals surface area contributed by atoms with Gasteiger partial charge in [-0.1, -0.05) is 19.1 Å². The molecule has 2 heterocycles. The first kappa shape index (κ1) is 14.7. The maximum Gasteiger partial charge on any atom is 0.324 e. The van der Waals surface area contributed by atoms with Gasteiger partial charge in [-0.3, -0.25) is 5.32 Å². The van der Waals surface area contributed by atoms with Crippen LogP contribution in [0.25, 0.3) is 5.82 Å². The summed E-state index contributed by atoms with van der Waals surface area (Å²) in [5.41, 5.74) is 1.94. The maximum absolute atomic E-state index is 12.0. The Hall–Kier alpha value is -3.22. The van der Waals surface area contributed by atoms with Crippen LogP contribution in [0.4, 0.5) is 16.3 Å². The summed E-state index contributed by atoms with van der Waals surface area (Å²) in [5.74, 6) is 0.973. The van der Waals surface area contributed by atoms with Crippen molar-refractivity contribution in [2.75, 3.05) is 10.6 Å². The van der Waals surface area contributed by atoms with Crippen LogP contribution in [0.1, 0.15) is 12.5 Å². The smallest absolute Gasteiger partial charge is 0.308 e. The predicted octanol–water partition coefficient (Wildman–Crippen LogP) is 2.87. The van der Waals surface area contributed by atoms with Crippen molar-refractivity contribution in [3.8, 4) is 5.82 Å². The van der Waals surface area contributed by atoms with Gasteiger partial charge in [-0.2, -0.15) is 5.10 Å². The van der Waals surface area contributed by atoms with Crippen LogP contribution in [0.2, 0.25) is 0 Å². The van der Waals surface area contributed by atoms with Crippen LogP contribution in [-0.4, -0.2) is 25.8 Å². The molecular weight excluding hydrogens is 292 g/mol. The molecule has 7 nitrogen and oxygen atoms in total. The Bertz CT molecular complexity index is 783. The van der Waals surface area contributed by atoms with E-state index in [1.807, 2.05) is 24.3 Å². The third-order valence-electron chi connectivity index (χ3n) is 3.25. The lowest BCUT2D eigenvalue weighted by molar-refractivity contribution is 0.262. The fraction of sp³-hybridized carbons (Fsp3) is 0.125. The highest BCUT2D eigenvalue weighted by Gasteiger charge is 2.06. The van der Waals surface area contributed by atoms with Crippen LogP contribution in [0.15, 0.2) is 55.1 Å². The fourth-order valence-electron chi connectivity index (χ4n) is 2.05. The van der Waals surface area contributed by atoms with Gasteiger partial charge in [0.05, 0.1) is 0 Å². The lowest BCUT2D eigenvalue weighted by Crippen LogP contribution is -2.20. The molecular formula is C16H16N6O. The molecule has 0 atom stereocenters. The standard InChI is InChI=1S/C16H16N6O/c1-2-12-4-6-13(7-5-12)20-16(23)21-14-10-15(18-11-17-14)22-9-3-8-19-22/h3-11H,2H2,1H3,(H2,17,18,20,21,23). The van der Waals surface area contributed by atoms with E-state index in [0.29, 0.717) is 11.6 Å². The first-order valence-electron chi connectivity index (χ1n) is 7.23. The normalized spacial score (nSPS) is 10.3. The number of hydrogen-bond acceptors (Lipinski definition) is 4. The topological polar surface area (TPSA) is 84.7 Å². The Labute approximate surface area is 133 Å². The van der Waals surface area contributed by atoms with E-state index in [9.17, 15) is 4.79 Å². The van der Waals surface area contributed by atoms with Crippen molar-refractivity contribution in [2.45, 2.75) is 13.3 Å². The highest BCUT2D eigenvalue weighted by Crippen LogP contribution is 2.12. The van der Waals surface area contributed by atoms with Crippen molar-refractivity contribution in [2.24, 2.45) is 0 Å². The summed E-state index contributed by atoms with van der Waals surface area (Å²) < 4.78 is 1.59. The van der Waals surface area contributed by atoms with Gasteiger partial charge in [0.1, 0.15) is 12.1 Å². The number of aryl methyl sites for hydroxylation is 1. The molecule has 0 radical (unpaired) electrons. The lowest BCUT2D eigenvalue weighted by Gasteiger charge is -2.08. The van der Waals surface area contributed by atoms with Crippen molar-refractivity contribution >= 4 is 17.5 Å². The Morgan fingerprint density at radius 1 is 1.17 bits per heavy atom. The SMILES string of the molecule is CCc1ccc(NC(=O)Nc2cc(-n3cccn3)ncn2)cc1. The van der Waals surface area contributed by atoms with Gasteiger partial charge in [-0.15, -0.1) is 0 Å². The Balaban J connectivity index is 1.66. The molecule has 3 rings (SSSR count). The molecule has 2 N–H and O–H groups in total. The van der Waals surface area contributed by atoms with Gasteiger partial charge in [-0.05, 0) is 30.2 Å². The summed E-state index contributed by atoms with van der Waals surface area (Å²) in [7, 11) is 0. The van der Waals surface area contributed by atoms with Gasteiger partial charge in [0, 0.05) is 24.1 Å². The third-order valence-corrected chi connectivity index (χ3v) is 3.25. The third kappa shape index (κ3) is 3.70. The van der Waals surface area contributed by atoms with Gasteiger partial charge in [-0.25, -0.2) is 19.4 Å². The zero-order chi connectivity index (χ0) is 16.1.